The number of carbonyl (C=O) groups is 1. The number of pyridine rings is 3. The van der Waals surface area contributed by atoms with E-state index in [0.717, 1.165) is 104 Å². The van der Waals surface area contributed by atoms with E-state index >= 15 is 0 Å². The van der Waals surface area contributed by atoms with Crippen molar-refractivity contribution in [3.05, 3.63) is 82.4 Å². The van der Waals surface area contributed by atoms with Gasteiger partial charge in [-0.2, -0.15) is 0 Å². The van der Waals surface area contributed by atoms with E-state index in [2.05, 4.69) is 36.5 Å². The minimum atomic E-state index is 0.175. The molecule has 5 aromatic rings. The summed E-state index contributed by atoms with van der Waals surface area (Å²) in [5.74, 6) is 8.90. The number of halogens is 2. The number of nitrogen functional groups attached to an aromatic ring is 1. The molecule has 10 nitrogen and oxygen atoms in total. The van der Waals surface area contributed by atoms with Gasteiger partial charge < -0.3 is 20.3 Å². The number of imidazole rings is 1. The Hall–Kier alpha value is -4.69. The molecule has 0 atom stereocenters. The third-order valence-corrected chi connectivity index (χ3v) is 9.61. The average Bonchev–Trinajstić information content (AvgIpc) is 3.44. The van der Waals surface area contributed by atoms with E-state index in [4.69, 9.17) is 38.9 Å². The molecule has 0 unspecified atom stereocenters. The fourth-order valence-corrected chi connectivity index (χ4v) is 7.14. The summed E-state index contributed by atoms with van der Waals surface area (Å²) in [6, 6.07) is 15.5. The SMILES string of the molecule is Cc1nc2ccc(-c3ccnc(N)c3)nc2n1-c1cc(Cl)c(N2CCN(CC#Cc3ccc(N4CCC(C=O)CC4)nc3)CC2)c(Cl)c1. The summed E-state index contributed by atoms with van der Waals surface area (Å²) >= 11 is 13.9. The van der Waals surface area contributed by atoms with Crippen molar-refractivity contribution in [1.29, 1.82) is 0 Å². The monoisotopic (exact) mass is 679 g/mol. The zero-order valence-corrected chi connectivity index (χ0v) is 28.1. The molecule has 0 bridgehead atoms. The van der Waals surface area contributed by atoms with Gasteiger partial charge in [-0.25, -0.2) is 19.9 Å². The van der Waals surface area contributed by atoms with Crippen LogP contribution >= 0.6 is 23.2 Å². The largest absolute Gasteiger partial charge is 0.384 e. The maximum Gasteiger partial charge on any atom is 0.165 e. The third kappa shape index (κ3) is 6.67. The van der Waals surface area contributed by atoms with Crippen LogP contribution in [-0.2, 0) is 4.79 Å². The van der Waals surface area contributed by atoms with Gasteiger partial charge in [-0.15, -0.1) is 0 Å². The van der Waals surface area contributed by atoms with Crippen LogP contribution in [0.4, 0.5) is 17.3 Å². The zero-order chi connectivity index (χ0) is 33.2. The highest BCUT2D eigenvalue weighted by Gasteiger charge is 2.23. The molecule has 48 heavy (non-hydrogen) atoms. The number of aryl methyl sites for hydroxylation is 1. The molecule has 0 aliphatic carbocycles. The highest BCUT2D eigenvalue weighted by molar-refractivity contribution is 6.39. The molecule has 0 amide bonds. The maximum atomic E-state index is 11.0. The van der Waals surface area contributed by atoms with E-state index in [1.807, 2.05) is 60.2 Å². The summed E-state index contributed by atoms with van der Waals surface area (Å²) in [4.78, 5) is 36.2. The molecule has 1 aromatic carbocycles. The number of benzene rings is 1. The highest BCUT2D eigenvalue weighted by atomic mass is 35.5. The number of nitrogens with two attached hydrogens (primary N) is 1. The second kappa shape index (κ2) is 13.8. The Bertz CT molecular complexity index is 2000. The first kappa shape index (κ1) is 31.9. The zero-order valence-electron chi connectivity index (χ0n) is 26.6. The summed E-state index contributed by atoms with van der Waals surface area (Å²) in [7, 11) is 0. The number of aldehydes is 1. The van der Waals surface area contributed by atoms with Crippen LogP contribution in [0.25, 0.3) is 28.1 Å². The van der Waals surface area contributed by atoms with Crippen LogP contribution in [0.15, 0.2) is 60.9 Å². The number of hydrogen-bond acceptors (Lipinski definition) is 9. The average molecular weight is 681 g/mol. The standard InChI is InChI=1S/C36H35Cl2N9O/c1-24-42-32-6-5-31(27-8-11-40-33(39)19-27)43-36(32)47(24)28-20-29(37)35(30(38)21-28)46-17-15-44(16-18-46)12-2-3-25-4-7-34(41-22-25)45-13-9-26(23-48)10-14-45/h4-8,11,19-23,26H,9-10,12-18H2,1H3,(H2,39,40). The van der Waals surface area contributed by atoms with Gasteiger partial charge in [0, 0.05) is 68.7 Å². The first-order valence-corrected chi connectivity index (χ1v) is 16.8. The van der Waals surface area contributed by atoms with Crippen molar-refractivity contribution >= 4 is 58.0 Å². The van der Waals surface area contributed by atoms with Gasteiger partial charge in [0.1, 0.15) is 29.3 Å². The highest BCUT2D eigenvalue weighted by Crippen LogP contribution is 2.38. The van der Waals surface area contributed by atoms with Crippen LogP contribution in [0.3, 0.4) is 0 Å². The third-order valence-electron chi connectivity index (χ3n) is 9.04. The number of fused-ring (bicyclic) bond motifs is 1. The van der Waals surface area contributed by atoms with Gasteiger partial charge in [-0.05, 0) is 68.3 Å². The summed E-state index contributed by atoms with van der Waals surface area (Å²) in [6.45, 7) is 7.58. The number of nitrogens with zero attached hydrogens (tertiary/aromatic N) is 8. The van der Waals surface area contributed by atoms with E-state index in [1.54, 1.807) is 12.3 Å². The second-order valence-corrected chi connectivity index (χ2v) is 13.0. The molecule has 0 radical (unpaired) electrons. The number of anilines is 3. The van der Waals surface area contributed by atoms with Crippen molar-refractivity contribution < 1.29 is 4.79 Å². The Kier molecular flexibility index (Phi) is 9.17. The molecule has 2 aliphatic heterocycles. The fourth-order valence-electron chi connectivity index (χ4n) is 6.43. The Labute approximate surface area is 289 Å². The molecular weight excluding hydrogens is 645 g/mol. The fraction of sp³-hybridized carbons (Fsp3) is 0.306. The Balaban J connectivity index is 1.000. The van der Waals surface area contributed by atoms with Crippen molar-refractivity contribution in [2.75, 3.05) is 61.3 Å². The predicted octanol–water partition coefficient (Wildman–Crippen LogP) is 5.66. The van der Waals surface area contributed by atoms with Crippen molar-refractivity contribution in [3.63, 3.8) is 0 Å². The Morgan fingerprint density at radius 2 is 1.69 bits per heavy atom. The van der Waals surface area contributed by atoms with Gasteiger partial charge in [0.15, 0.2) is 5.65 Å². The molecule has 2 aliphatic rings. The molecule has 6 heterocycles. The van der Waals surface area contributed by atoms with Gasteiger partial charge >= 0.3 is 0 Å². The normalized spacial score (nSPS) is 15.8. The number of rotatable bonds is 6. The summed E-state index contributed by atoms with van der Waals surface area (Å²) in [5.41, 5.74) is 11.6. The molecular formula is C36H35Cl2N9O. The summed E-state index contributed by atoms with van der Waals surface area (Å²) in [5, 5.41) is 1.16. The van der Waals surface area contributed by atoms with Crippen molar-refractivity contribution in [1.82, 2.24) is 29.4 Å². The quantitative estimate of drug-likeness (QED) is 0.180. The van der Waals surface area contributed by atoms with Gasteiger partial charge in [-0.3, -0.25) is 9.47 Å². The number of aromatic nitrogens is 5. The van der Waals surface area contributed by atoms with Crippen molar-refractivity contribution in [2.45, 2.75) is 19.8 Å². The first-order chi connectivity index (χ1) is 23.4. The molecule has 0 saturated carbocycles. The number of piperazine rings is 1. The van der Waals surface area contributed by atoms with Crippen LogP contribution < -0.4 is 15.5 Å². The van der Waals surface area contributed by atoms with Crippen LogP contribution in [0.1, 0.15) is 24.2 Å². The molecule has 2 N–H and O–H groups in total. The van der Waals surface area contributed by atoms with E-state index < -0.39 is 0 Å². The Morgan fingerprint density at radius 3 is 2.38 bits per heavy atom. The van der Waals surface area contributed by atoms with Crippen molar-refractivity contribution in [3.8, 4) is 28.8 Å². The second-order valence-electron chi connectivity index (χ2n) is 12.2. The predicted molar refractivity (Wildman–Crippen MR) is 192 cm³/mol. The van der Waals surface area contributed by atoms with E-state index in [1.165, 1.54) is 0 Å². The smallest absolute Gasteiger partial charge is 0.165 e. The van der Waals surface area contributed by atoms with Gasteiger partial charge in [0.25, 0.3) is 0 Å². The summed E-state index contributed by atoms with van der Waals surface area (Å²) in [6.07, 6.45) is 6.35. The molecule has 0 spiro atoms. The van der Waals surface area contributed by atoms with E-state index in [9.17, 15) is 4.79 Å². The number of hydrogen-bond donors (Lipinski definition) is 1. The lowest BCUT2D eigenvalue weighted by atomic mass is 9.99. The van der Waals surface area contributed by atoms with Crippen LogP contribution in [0, 0.1) is 24.7 Å². The summed E-state index contributed by atoms with van der Waals surface area (Å²) < 4.78 is 1.97. The molecule has 2 saturated heterocycles. The van der Waals surface area contributed by atoms with Crippen LogP contribution in [-0.4, -0.2) is 81.5 Å². The molecule has 4 aromatic heterocycles. The Morgan fingerprint density at radius 1 is 0.917 bits per heavy atom. The van der Waals surface area contributed by atoms with Crippen LogP contribution in [0.2, 0.25) is 10.0 Å². The van der Waals surface area contributed by atoms with E-state index in [-0.39, 0.29) is 5.92 Å². The molecule has 7 rings (SSSR count). The lowest BCUT2D eigenvalue weighted by molar-refractivity contribution is -0.111. The lowest BCUT2D eigenvalue weighted by Gasteiger charge is -2.36. The number of carbonyl (C=O) groups excluding carboxylic acids is 1. The minimum Gasteiger partial charge on any atom is -0.384 e. The van der Waals surface area contributed by atoms with Gasteiger partial charge in [0.2, 0.25) is 0 Å². The topological polar surface area (TPSA) is 109 Å². The van der Waals surface area contributed by atoms with Crippen LogP contribution in [0.5, 0.6) is 0 Å². The van der Waals surface area contributed by atoms with Crippen molar-refractivity contribution in [2.24, 2.45) is 5.92 Å². The molecule has 12 heteroatoms. The molecule has 244 valence electrons. The minimum absolute atomic E-state index is 0.175. The van der Waals surface area contributed by atoms with E-state index in [0.29, 0.717) is 28.1 Å². The molecule has 2 fully saturated rings. The maximum absolute atomic E-state index is 11.0. The lowest BCUT2D eigenvalue weighted by Crippen LogP contribution is -2.46. The van der Waals surface area contributed by atoms with Gasteiger partial charge in [-0.1, -0.05) is 35.0 Å². The number of piperidine rings is 1. The van der Waals surface area contributed by atoms with Gasteiger partial charge in [0.05, 0.1) is 33.7 Å². The first-order valence-electron chi connectivity index (χ1n) is 16.1.